The monoisotopic (exact) mass is 948 g/mol. The van der Waals surface area contributed by atoms with Gasteiger partial charge in [0.25, 0.3) is 23.6 Å². The van der Waals surface area contributed by atoms with Crippen molar-refractivity contribution in [1.82, 2.24) is 30.8 Å². The highest BCUT2D eigenvalue weighted by molar-refractivity contribution is 6.32. The SMILES string of the molecule is COc1cc(Nc2ncc3c(n2)-c2ccc(Cl)cc2C(c2c(F)cccc2OC)=NC3)ccc1C(=O)NCCOCOCCNC(=O)COc1cccc2c1C(=O)N(C1CCC(=O)NC1=O)C2=O. The molecule has 1 aromatic heterocycles. The number of carbonyl (C=O) groups is 6. The average Bonchev–Trinajstić information content (AvgIpc) is 3.48. The number of halogens is 2. The molecule has 0 spiro atoms. The first-order valence-electron chi connectivity index (χ1n) is 21.1. The second-order valence-corrected chi connectivity index (χ2v) is 15.7. The molecule has 1 saturated heterocycles. The molecule has 0 saturated carbocycles. The van der Waals surface area contributed by atoms with E-state index in [-0.39, 0.29) is 92.2 Å². The number of anilines is 2. The van der Waals surface area contributed by atoms with Crippen LogP contribution in [0.1, 0.15) is 60.6 Å². The Balaban J connectivity index is 0.770. The van der Waals surface area contributed by atoms with Gasteiger partial charge >= 0.3 is 0 Å². The summed E-state index contributed by atoms with van der Waals surface area (Å²) in [6.07, 6.45) is 1.64. The molecule has 0 radical (unpaired) electrons. The van der Waals surface area contributed by atoms with Crippen LogP contribution in [-0.4, -0.2) is 116 Å². The van der Waals surface area contributed by atoms with E-state index in [0.29, 0.717) is 44.6 Å². The van der Waals surface area contributed by atoms with Crippen LogP contribution in [0.2, 0.25) is 5.02 Å². The zero-order valence-electron chi connectivity index (χ0n) is 36.5. The number of fused-ring (bicyclic) bond motifs is 4. The van der Waals surface area contributed by atoms with Crippen molar-refractivity contribution >= 4 is 64.4 Å². The molecule has 4 N–H and O–H groups in total. The van der Waals surface area contributed by atoms with Crippen molar-refractivity contribution in [2.24, 2.45) is 4.99 Å². The molecule has 1 atom stereocenters. The maximum absolute atomic E-state index is 15.3. The van der Waals surface area contributed by atoms with E-state index >= 15 is 4.39 Å². The summed E-state index contributed by atoms with van der Waals surface area (Å²) in [6.45, 7) is 0.0151. The van der Waals surface area contributed by atoms with E-state index in [1.807, 2.05) is 0 Å². The van der Waals surface area contributed by atoms with Gasteiger partial charge in [-0.25, -0.2) is 14.4 Å². The third-order valence-corrected chi connectivity index (χ3v) is 11.2. The van der Waals surface area contributed by atoms with Gasteiger partial charge in [-0.1, -0.05) is 29.8 Å². The number of hydrogen-bond donors (Lipinski definition) is 4. The zero-order valence-corrected chi connectivity index (χ0v) is 37.2. The largest absolute Gasteiger partial charge is 0.496 e. The smallest absolute Gasteiger partial charge is 0.266 e. The van der Waals surface area contributed by atoms with Gasteiger partial charge in [-0.05, 0) is 55.0 Å². The van der Waals surface area contributed by atoms with E-state index in [0.717, 1.165) is 4.90 Å². The van der Waals surface area contributed by atoms with Gasteiger partial charge in [0.2, 0.25) is 17.8 Å². The Hall–Kier alpha value is -7.81. The molecule has 0 aliphatic carbocycles. The number of ether oxygens (including phenoxy) is 5. The van der Waals surface area contributed by atoms with E-state index in [1.54, 1.807) is 54.7 Å². The molecule has 8 rings (SSSR count). The van der Waals surface area contributed by atoms with Crippen molar-refractivity contribution in [3.8, 4) is 28.5 Å². The van der Waals surface area contributed by atoms with Crippen LogP contribution in [0.4, 0.5) is 16.0 Å². The molecular formula is C47H42ClFN8O11. The van der Waals surface area contributed by atoms with Gasteiger partial charge in [0.05, 0.1) is 67.6 Å². The number of nitrogens with zero attached hydrogens (tertiary/aromatic N) is 4. The lowest BCUT2D eigenvalue weighted by Crippen LogP contribution is -2.54. The standard InChI is InChI=1S/C47H42ClFN8O11/c1-64-34-7-4-6-32(49)40(34)42-31-19-26(48)9-11-28(31)41-25(21-52-42)22-53-47(56-41)54-27-10-12-29(36(20-27)65-2)43(60)51-16-18-67-24-66-17-15-50-38(59)23-68-35-8-3-5-30-39(35)46(63)57(45(30)62)33-13-14-37(58)55-44(33)61/h3-12,19-20,22,33H,13-18,21,23-24H2,1-2H3,(H,50,59)(H,51,60)(H,53,54,56)(H,55,58,61). The lowest BCUT2D eigenvalue weighted by molar-refractivity contribution is -0.136. The van der Waals surface area contributed by atoms with Gasteiger partial charge in [0.1, 0.15) is 35.9 Å². The predicted molar refractivity (Wildman–Crippen MR) is 242 cm³/mol. The Morgan fingerprint density at radius 3 is 2.40 bits per heavy atom. The van der Waals surface area contributed by atoms with E-state index in [1.165, 1.54) is 38.5 Å². The number of imide groups is 2. The van der Waals surface area contributed by atoms with Gasteiger partial charge in [0.15, 0.2) is 6.61 Å². The third-order valence-electron chi connectivity index (χ3n) is 11.0. The third kappa shape index (κ3) is 9.97. The Morgan fingerprint density at radius 2 is 1.62 bits per heavy atom. The topological polar surface area (TPSA) is 238 Å². The molecule has 3 aliphatic heterocycles. The molecule has 4 heterocycles. The highest BCUT2D eigenvalue weighted by atomic mass is 35.5. The fourth-order valence-corrected chi connectivity index (χ4v) is 7.93. The van der Waals surface area contributed by atoms with Crippen LogP contribution in [-0.2, 0) is 30.4 Å². The maximum atomic E-state index is 15.3. The first-order chi connectivity index (χ1) is 32.9. The Morgan fingerprint density at radius 1 is 0.853 bits per heavy atom. The van der Waals surface area contributed by atoms with Gasteiger partial charge < -0.3 is 39.6 Å². The van der Waals surface area contributed by atoms with Crippen LogP contribution in [0.5, 0.6) is 17.2 Å². The van der Waals surface area contributed by atoms with Crippen molar-refractivity contribution in [3.63, 3.8) is 0 Å². The number of nitrogens with one attached hydrogen (secondary N) is 4. The second kappa shape index (κ2) is 20.8. The Labute approximate surface area is 392 Å². The molecule has 4 aromatic carbocycles. The minimum absolute atomic E-state index is 0.000766. The van der Waals surface area contributed by atoms with Crippen LogP contribution >= 0.6 is 11.6 Å². The highest BCUT2D eigenvalue weighted by Gasteiger charge is 2.46. The fourth-order valence-electron chi connectivity index (χ4n) is 7.76. The van der Waals surface area contributed by atoms with E-state index in [2.05, 4.69) is 26.3 Å². The summed E-state index contributed by atoms with van der Waals surface area (Å²) in [5, 5.41) is 11.1. The van der Waals surface area contributed by atoms with Gasteiger partial charge in [-0.2, -0.15) is 0 Å². The molecule has 3 aliphatic rings. The van der Waals surface area contributed by atoms with Crippen molar-refractivity contribution < 1.29 is 56.8 Å². The summed E-state index contributed by atoms with van der Waals surface area (Å²) in [4.78, 5) is 90.7. The van der Waals surface area contributed by atoms with Crippen LogP contribution in [0.15, 0.2) is 84.0 Å². The normalized spacial score (nSPS) is 15.0. The number of carbonyl (C=O) groups excluding carboxylic acids is 6. The molecule has 6 amide bonds. The van der Waals surface area contributed by atoms with E-state index in [4.69, 9.17) is 45.3 Å². The number of methoxy groups -OCH3 is 2. The summed E-state index contributed by atoms with van der Waals surface area (Å²) in [7, 11) is 2.91. The fraction of sp³-hybridized carbons (Fsp3) is 0.255. The van der Waals surface area contributed by atoms with Crippen LogP contribution in [0, 0.1) is 5.82 Å². The molecule has 350 valence electrons. The molecular weight excluding hydrogens is 907 g/mol. The van der Waals surface area contributed by atoms with E-state index in [9.17, 15) is 28.8 Å². The number of aliphatic imine (C=N–C) groups is 1. The highest BCUT2D eigenvalue weighted by Crippen LogP contribution is 2.37. The van der Waals surface area contributed by atoms with Gasteiger partial charge in [0, 0.05) is 59.2 Å². The minimum atomic E-state index is -1.14. The quantitative estimate of drug-likeness (QED) is 0.0543. The molecule has 1 unspecified atom stereocenters. The molecule has 5 aromatic rings. The zero-order chi connectivity index (χ0) is 47.9. The van der Waals surface area contributed by atoms with Crippen LogP contribution in [0.3, 0.4) is 0 Å². The van der Waals surface area contributed by atoms with Gasteiger partial charge in [-0.3, -0.25) is 44.0 Å². The van der Waals surface area contributed by atoms with Crippen molar-refractivity contribution in [2.75, 3.05) is 59.2 Å². The van der Waals surface area contributed by atoms with Crippen LogP contribution < -0.4 is 35.5 Å². The summed E-state index contributed by atoms with van der Waals surface area (Å²) in [6, 6.07) is 17.9. The Bertz CT molecular complexity index is 2880. The number of hydrogen-bond acceptors (Lipinski definition) is 15. The number of piperidine rings is 1. The summed E-state index contributed by atoms with van der Waals surface area (Å²) < 4.78 is 42.8. The summed E-state index contributed by atoms with van der Waals surface area (Å²) >= 11 is 6.44. The van der Waals surface area contributed by atoms with Gasteiger partial charge in [-0.15, -0.1) is 0 Å². The number of aromatic nitrogens is 2. The first-order valence-corrected chi connectivity index (χ1v) is 21.5. The van der Waals surface area contributed by atoms with Crippen molar-refractivity contribution in [2.45, 2.75) is 25.4 Å². The number of rotatable bonds is 18. The summed E-state index contributed by atoms with van der Waals surface area (Å²) in [5.74, 6) is -3.24. The first kappa shape index (κ1) is 46.7. The van der Waals surface area contributed by atoms with E-state index < -0.39 is 53.9 Å². The number of benzene rings is 4. The van der Waals surface area contributed by atoms with Crippen LogP contribution in [0.25, 0.3) is 11.3 Å². The maximum Gasteiger partial charge on any atom is 0.266 e. The lowest BCUT2D eigenvalue weighted by Gasteiger charge is -2.27. The number of amides is 6. The molecule has 21 heteroatoms. The second-order valence-electron chi connectivity index (χ2n) is 15.2. The lowest BCUT2D eigenvalue weighted by atomic mass is 9.94. The minimum Gasteiger partial charge on any atom is -0.496 e. The molecule has 68 heavy (non-hydrogen) atoms. The molecule has 0 bridgehead atoms. The molecule has 19 nitrogen and oxygen atoms in total. The molecule has 1 fully saturated rings. The summed E-state index contributed by atoms with van der Waals surface area (Å²) in [5.41, 5.74) is 3.86. The predicted octanol–water partition coefficient (Wildman–Crippen LogP) is 4.36. The van der Waals surface area contributed by atoms with Crippen molar-refractivity contribution in [3.05, 3.63) is 123 Å². The Kier molecular flexibility index (Phi) is 14.3. The average molecular weight is 949 g/mol. The van der Waals surface area contributed by atoms with Crippen molar-refractivity contribution in [1.29, 1.82) is 0 Å².